The van der Waals surface area contributed by atoms with Gasteiger partial charge in [0.2, 0.25) is 23.6 Å². The fourth-order valence-electron chi connectivity index (χ4n) is 16.5. The highest BCUT2D eigenvalue weighted by Crippen LogP contribution is 2.67. The summed E-state index contributed by atoms with van der Waals surface area (Å²) in [5, 5.41) is 30.8. The Kier molecular flexibility index (Phi) is 16.2. The Bertz CT molecular complexity index is 2940. The molecule has 10 aliphatic rings. The molecule has 2 saturated heterocycles. The van der Waals surface area contributed by atoms with Crippen LogP contribution in [0.1, 0.15) is 140 Å². The Labute approximate surface area is 507 Å². The lowest BCUT2D eigenvalue weighted by Gasteiger charge is -2.62. The maximum atomic E-state index is 14.2. The normalized spacial score (nSPS) is 29.0. The van der Waals surface area contributed by atoms with Crippen molar-refractivity contribution < 1.29 is 72.3 Å². The number of carbonyl (C=O) groups excluding carboxylic acids is 8. The minimum Gasteiger partial charge on any atom is -0.477 e. The van der Waals surface area contributed by atoms with Gasteiger partial charge < -0.3 is 65.8 Å². The Morgan fingerprint density at radius 1 is 0.621 bits per heavy atom. The topological polar surface area (TPSA) is 312 Å². The Balaban J connectivity index is 0.576. The molecule has 23 heteroatoms. The van der Waals surface area contributed by atoms with Gasteiger partial charge >= 0.3 is 11.9 Å². The summed E-state index contributed by atoms with van der Waals surface area (Å²) in [4.78, 5) is 116. The van der Waals surface area contributed by atoms with Crippen LogP contribution in [-0.4, -0.2) is 202 Å². The molecule has 0 unspecified atom stereocenters. The predicted octanol–water partition coefficient (Wildman–Crippen LogP) is 1.41. The van der Waals surface area contributed by atoms with Crippen LogP contribution in [0.25, 0.3) is 0 Å². The summed E-state index contributed by atoms with van der Waals surface area (Å²) in [5.41, 5.74) is 7.97. The van der Waals surface area contributed by atoms with Gasteiger partial charge in [-0.05, 0) is 140 Å². The van der Waals surface area contributed by atoms with Crippen LogP contribution < -0.4 is 41.0 Å². The second kappa shape index (κ2) is 23.1. The van der Waals surface area contributed by atoms with E-state index in [4.69, 9.17) is 35.2 Å². The molecule has 2 spiro atoms. The fraction of sp³-hybridized carbons (Fsp3) is 0.688. The number of esters is 2. The van der Waals surface area contributed by atoms with E-state index in [-0.39, 0.29) is 126 Å². The standard InChI is InChI=1S/C64H86N8O15/c1-59(2,57(79)84-43-11-9-39-33-45-63(81)19-17-41(73)55-61(63,51(39)53(43)86-55)21-27-69(45)35-37-5-6-37)71(29-23-65)49(77)15-13-47(75)67-25-31-83-32-26-68-48(76)14-16-50(78)72(30-24-66)60(3,4)58(80)85-44-12-10-40-34-46-64(82)20-18-42(74)56-62(64,52(40)54(44)87-56)22-28-70(46)36-38-7-8-38/h9-12,37-38,45-46,55-56,81-82H,5-8,13-36,65-66H2,1-4H3,(H,67,75)(H,68,76)/t45-,46-,55+,56+,61+,62+,63-,64-/m1/s1. The highest BCUT2D eigenvalue weighted by Gasteiger charge is 2.75. The van der Waals surface area contributed by atoms with Crippen molar-refractivity contribution >= 4 is 47.1 Å². The number of aliphatic hydroxyl groups is 2. The predicted molar refractivity (Wildman–Crippen MR) is 313 cm³/mol. The van der Waals surface area contributed by atoms with E-state index in [1.54, 1.807) is 39.8 Å². The minimum absolute atomic E-state index is 0.00220. The van der Waals surface area contributed by atoms with Crippen molar-refractivity contribution in [1.82, 2.24) is 30.2 Å². The molecule has 2 aromatic carbocycles. The number of ketones is 2. The number of nitrogens with zero attached hydrogens (tertiary/aromatic N) is 4. The number of amides is 4. The number of Topliss-reactive ketones (excluding diaryl/α,β-unsaturated/α-hetero) is 2. The number of likely N-dealkylation sites (tertiary alicyclic amines) is 2. The molecule has 6 aliphatic carbocycles. The summed E-state index contributed by atoms with van der Waals surface area (Å²) in [6.07, 6.45) is 5.42. The largest absolute Gasteiger partial charge is 0.477 e. The smallest absolute Gasteiger partial charge is 0.337 e. The van der Waals surface area contributed by atoms with Gasteiger partial charge in [0.05, 0.1) is 35.2 Å². The van der Waals surface area contributed by atoms with E-state index in [1.807, 2.05) is 12.1 Å². The fourth-order valence-corrected chi connectivity index (χ4v) is 16.5. The van der Waals surface area contributed by atoms with Crippen LogP contribution in [0.15, 0.2) is 24.3 Å². The zero-order valence-electron chi connectivity index (χ0n) is 50.7. The molecule has 6 fully saturated rings. The minimum atomic E-state index is -1.54. The summed E-state index contributed by atoms with van der Waals surface area (Å²) in [6, 6.07) is 6.84. The molecular formula is C64H86N8O15. The van der Waals surface area contributed by atoms with Crippen molar-refractivity contribution in [2.75, 3.05) is 78.7 Å². The van der Waals surface area contributed by atoms with Gasteiger partial charge in [0.25, 0.3) is 0 Å². The van der Waals surface area contributed by atoms with Gasteiger partial charge in [-0.3, -0.25) is 38.6 Å². The van der Waals surface area contributed by atoms with Gasteiger partial charge in [0, 0.05) is 114 Å². The van der Waals surface area contributed by atoms with Crippen LogP contribution in [0.4, 0.5) is 0 Å². The van der Waals surface area contributed by atoms with Crippen LogP contribution in [0, 0.1) is 11.8 Å². The van der Waals surface area contributed by atoms with E-state index >= 15 is 0 Å². The quantitative estimate of drug-likeness (QED) is 0.0441. The summed E-state index contributed by atoms with van der Waals surface area (Å²) in [6.45, 7) is 9.94. The van der Waals surface area contributed by atoms with E-state index < -0.39 is 80.9 Å². The molecule has 8 N–H and O–H groups in total. The molecule has 4 amide bonds. The van der Waals surface area contributed by atoms with Crippen molar-refractivity contribution in [2.45, 2.75) is 188 Å². The maximum Gasteiger partial charge on any atom is 0.337 e. The average Bonchev–Trinajstić information content (AvgIpc) is 1.59. The number of benzene rings is 2. The number of piperidine rings is 2. The Morgan fingerprint density at radius 2 is 1.02 bits per heavy atom. The zero-order chi connectivity index (χ0) is 61.6. The van der Waals surface area contributed by atoms with Crippen LogP contribution in [0.2, 0.25) is 0 Å². The van der Waals surface area contributed by atoms with E-state index in [0.717, 1.165) is 48.4 Å². The molecule has 472 valence electrons. The summed E-state index contributed by atoms with van der Waals surface area (Å²) >= 11 is 0. The lowest BCUT2D eigenvalue weighted by atomic mass is 9.49. The summed E-state index contributed by atoms with van der Waals surface area (Å²) in [7, 11) is 0. The SMILES string of the molecule is CC(C)(C(=O)Oc1ccc2c3c1O[C@H]1C(=O)CC[C@@]4(O)[C@@H](C2)N(CC2CC2)CC[C@]314)N(CCN)C(=O)CCC(=O)NCCOCCNC(=O)CCC(=O)N(CCN)C(C)(C)C(=O)Oc1ccc2c3c1O[C@H]1C(=O)CC[C@@]4(O)[C@@H](C2)N(CC2CC2)CC[C@]314. The monoisotopic (exact) mass is 1210 g/mol. The van der Waals surface area contributed by atoms with Crippen molar-refractivity contribution in [3.8, 4) is 23.0 Å². The number of carbonyl (C=O) groups is 8. The zero-order valence-corrected chi connectivity index (χ0v) is 50.7. The third kappa shape index (κ3) is 10.2. The highest BCUT2D eigenvalue weighted by atomic mass is 16.6. The summed E-state index contributed by atoms with van der Waals surface area (Å²) < 4.78 is 30.8. The number of nitrogens with two attached hydrogens (primary N) is 2. The molecule has 4 aliphatic heterocycles. The molecule has 87 heavy (non-hydrogen) atoms. The van der Waals surface area contributed by atoms with Crippen molar-refractivity contribution in [3.63, 3.8) is 0 Å². The summed E-state index contributed by atoms with van der Waals surface area (Å²) in [5.74, 6) is -1.47. The first kappa shape index (κ1) is 61.2. The second-order valence-corrected chi connectivity index (χ2v) is 27.3. The van der Waals surface area contributed by atoms with Gasteiger partial charge in [0.1, 0.15) is 11.1 Å². The highest BCUT2D eigenvalue weighted by molar-refractivity contribution is 5.94. The van der Waals surface area contributed by atoms with E-state index in [9.17, 15) is 48.6 Å². The first-order valence-electron chi connectivity index (χ1n) is 31.7. The van der Waals surface area contributed by atoms with Gasteiger partial charge in [0.15, 0.2) is 46.8 Å². The van der Waals surface area contributed by atoms with Crippen LogP contribution in [-0.2, 0) is 66.8 Å². The Morgan fingerprint density at radius 3 is 1.40 bits per heavy atom. The third-order valence-corrected chi connectivity index (χ3v) is 21.4. The van der Waals surface area contributed by atoms with E-state index in [1.165, 1.54) is 35.5 Å². The van der Waals surface area contributed by atoms with Gasteiger partial charge in [-0.1, -0.05) is 12.1 Å². The first-order chi connectivity index (χ1) is 41.5. The molecule has 2 aromatic rings. The third-order valence-electron chi connectivity index (χ3n) is 21.4. The van der Waals surface area contributed by atoms with Gasteiger partial charge in [-0.2, -0.15) is 0 Å². The number of hydrogen-bond donors (Lipinski definition) is 6. The molecular weight excluding hydrogens is 1120 g/mol. The van der Waals surface area contributed by atoms with Crippen LogP contribution in [0.3, 0.4) is 0 Å². The second-order valence-electron chi connectivity index (χ2n) is 27.3. The van der Waals surface area contributed by atoms with Crippen molar-refractivity contribution in [3.05, 3.63) is 46.5 Å². The van der Waals surface area contributed by atoms with E-state index in [2.05, 4.69) is 20.4 Å². The van der Waals surface area contributed by atoms with Crippen LogP contribution >= 0.6 is 0 Å². The number of ether oxygens (including phenoxy) is 5. The van der Waals surface area contributed by atoms with E-state index in [0.29, 0.717) is 61.9 Å². The Hall–Kier alpha value is -6.08. The lowest BCUT2D eigenvalue weighted by molar-refractivity contribution is -0.188. The number of rotatable bonds is 26. The number of hydrogen-bond acceptors (Lipinski definition) is 19. The molecule has 23 nitrogen and oxygen atoms in total. The molecule has 4 heterocycles. The first-order valence-corrected chi connectivity index (χ1v) is 31.7. The van der Waals surface area contributed by atoms with Gasteiger partial charge in [-0.25, -0.2) is 9.59 Å². The molecule has 8 atom stereocenters. The van der Waals surface area contributed by atoms with Gasteiger partial charge in [-0.15, -0.1) is 0 Å². The number of nitrogens with one attached hydrogen (secondary N) is 2. The molecule has 4 bridgehead atoms. The van der Waals surface area contributed by atoms with Crippen LogP contribution in [0.5, 0.6) is 23.0 Å². The average molecular weight is 1210 g/mol. The molecule has 12 rings (SSSR count). The molecule has 0 radical (unpaired) electrons. The molecule has 4 saturated carbocycles. The maximum absolute atomic E-state index is 14.2. The van der Waals surface area contributed by atoms with Crippen molar-refractivity contribution in [1.29, 1.82) is 0 Å². The van der Waals surface area contributed by atoms with Crippen molar-refractivity contribution in [2.24, 2.45) is 23.3 Å². The molecule has 0 aromatic heterocycles. The lowest BCUT2D eigenvalue weighted by Crippen LogP contribution is -2.76.